The number of nitrogens with zero attached hydrogens (tertiary/aromatic N) is 1. The minimum absolute atomic E-state index is 0.279. The molecule has 5 heteroatoms. The highest BCUT2D eigenvalue weighted by Gasteiger charge is 2.22. The van der Waals surface area contributed by atoms with E-state index in [-0.39, 0.29) is 12.2 Å². The molecular weight excluding hydrogens is 304 g/mol. The molecule has 1 aromatic carbocycles. The van der Waals surface area contributed by atoms with Crippen LogP contribution in [0.15, 0.2) is 24.3 Å². The van der Waals surface area contributed by atoms with Gasteiger partial charge in [0.1, 0.15) is 5.60 Å². The van der Waals surface area contributed by atoms with Crippen LogP contribution in [0.1, 0.15) is 46.1 Å². The molecule has 1 aromatic rings. The van der Waals surface area contributed by atoms with E-state index in [0.29, 0.717) is 13.1 Å². The van der Waals surface area contributed by atoms with E-state index in [1.165, 1.54) is 0 Å². The molecule has 1 fully saturated rings. The van der Waals surface area contributed by atoms with E-state index in [0.717, 1.165) is 37.2 Å². The Kier molecular flexibility index (Phi) is 6.49. The van der Waals surface area contributed by atoms with Crippen molar-refractivity contribution in [3.8, 4) is 0 Å². The van der Waals surface area contributed by atoms with Crippen molar-refractivity contribution in [2.45, 2.75) is 58.8 Å². The second-order valence-corrected chi connectivity index (χ2v) is 7.17. The fourth-order valence-electron chi connectivity index (χ4n) is 2.70. The van der Waals surface area contributed by atoms with Gasteiger partial charge in [-0.25, -0.2) is 4.79 Å². The second kappa shape index (κ2) is 8.38. The molecule has 134 valence electrons. The Morgan fingerprint density at radius 1 is 1.38 bits per heavy atom. The van der Waals surface area contributed by atoms with Gasteiger partial charge in [0, 0.05) is 25.4 Å². The third kappa shape index (κ3) is 5.71. The maximum absolute atomic E-state index is 12.3. The van der Waals surface area contributed by atoms with E-state index in [1.54, 1.807) is 4.90 Å². The number of amides is 1. The first-order chi connectivity index (χ1) is 11.4. The molecule has 0 radical (unpaired) electrons. The van der Waals surface area contributed by atoms with E-state index < -0.39 is 5.60 Å². The van der Waals surface area contributed by atoms with Gasteiger partial charge in [0.05, 0.1) is 12.6 Å². The van der Waals surface area contributed by atoms with Gasteiger partial charge in [-0.2, -0.15) is 0 Å². The Bertz CT molecular complexity index is 534. The topological polar surface area (TPSA) is 50.8 Å². The van der Waals surface area contributed by atoms with Gasteiger partial charge in [0.15, 0.2) is 0 Å². The van der Waals surface area contributed by atoms with Crippen LogP contribution in [0.5, 0.6) is 0 Å². The summed E-state index contributed by atoms with van der Waals surface area (Å²) in [4.78, 5) is 14.1. The highest BCUT2D eigenvalue weighted by molar-refractivity contribution is 5.68. The Morgan fingerprint density at radius 2 is 2.12 bits per heavy atom. The molecule has 0 aliphatic carbocycles. The van der Waals surface area contributed by atoms with Crippen LogP contribution in [0.3, 0.4) is 0 Å². The van der Waals surface area contributed by atoms with Crippen LogP contribution in [-0.4, -0.2) is 42.4 Å². The van der Waals surface area contributed by atoms with Gasteiger partial charge in [-0.15, -0.1) is 0 Å². The number of carbonyl (C=O) groups is 1. The smallest absolute Gasteiger partial charge is 0.410 e. The zero-order valence-corrected chi connectivity index (χ0v) is 15.3. The van der Waals surface area contributed by atoms with Crippen molar-refractivity contribution < 1.29 is 14.3 Å². The fourth-order valence-corrected chi connectivity index (χ4v) is 2.70. The summed E-state index contributed by atoms with van der Waals surface area (Å²) in [6.07, 6.45) is 2.25. The second-order valence-electron chi connectivity index (χ2n) is 7.17. The Morgan fingerprint density at radius 3 is 2.75 bits per heavy atom. The predicted octanol–water partition coefficient (Wildman–Crippen LogP) is 4.03. The molecule has 1 aliphatic rings. The summed E-state index contributed by atoms with van der Waals surface area (Å²) < 4.78 is 11.2. The average Bonchev–Trinajstić information content (AvgIpc) is 3.03. The third-order valence-electron chi connectivity index (χ3n) is 3.96. The van der Waals surface area contributed by atoms with Gasteiger partial charge in [0.25, 0.3) is 0 Å². The predicted molar refractivity (Wildman–Crippen MR) is 96.2 cm³/mol. The molecule has 1 amide bonds. The number of hydrogen-bond donors (Lipinski definition) is 1. The van der Waals surface area contributed by atoms with Crippen LogP contribution in [0.2, 0.25) is 0 Å². The number of benzene rings is 1. The van der Waals surface area contributed by atoms with Crippen LogP contribution in [-0.2, 0) is 16.0 Å². The van der Waals surface area contributed by atoms with Gasteiger partial charge in [-0.3, -0.25) is 0 Å². The third-order valence-corrected chi connectivity index (χ3v) is 3.96. The lowest BCUT2D eigenvalue weighted by Gasteiger charge is -2.27. The first kappa shape index (κ1) is 18.6. The molecule has 1 unspecified atom stereocenters. The molecule has 0 saturated carbocycles. The van der Waals surface area contributed by atoms with Crippen molar-refractivity contribution in [2.75, 3.05) is 25.0 Å². The molecule has 0 aromatic heterocycles. The van der Waals surface area contributed by atoms with Gasteiger partial charge < -0.3 is 19.7 Å². The Balaban J connectivity index is 2.00. The zero-order valence-electron chi connectivity index (χ0n) is 15.3. The number of hydrogen-bond acceptors (Lipinski definition) is 4. The van der Waals surface area contributed by atoms with Crippen molar-refractivity contribution in [3.63, 3.8) is 0 Å². The van der Waals surface area contributed by atoms with Gasteiger partial charge in [-0.1, -0.05) is 18.2 Å². The largest absolute Gasteiger partial charge is 0.444 e. The molecule has 24 heavy (non-hydrogen) atoms. The fraction of sp³-hybridized carbons (Fsp3) is 0.632. The van der Waals surface area contributed by atoms with Crippen molar-refractivity contribution in [3.05, 3.63) is 29.8 Å². The van der Waals surface area contributed by atoms with E-state index in [4.69, 9.17) is 9.47 Å². The molecule has 1 N–H and O–H groups in total. The van der Waals surface area contributed by atoms with E-state index >= 15 is 0 Å². The van der Waals surface area contributed by atoms with Crippen LogP contribution in [0.25, 0.3) is 0 Å². The quantitative estimate of drug-likeness (QED) is 0.853. The average molecular weight is 334 g/mol. The van der Waals surface area contributed by atoms with Gasteiger partial charge in [-0.05, 0) is 52.2 Å². The number of para-hydroxylation sites is 1. The molecule has 1 heterocycles. The number of anilines is 1. The highest BCUT2D eigenvalue weighted by Crippen LogP contribution is 2.20. The van der Waals surface area contributed by atoms with Crippen molar-refractivity contribution >= 4 is 11.8 Å². The standard InChI is InChI=1S/C19H30N2O3/c1-5-21(18(22)24-19(2,3)4)14-15-9-6-7-11-17(15)20-13-16-10-8-12-23-16/h6-7,9,11,16,20H,5,8,10,12-14H2,1-4H3. The SMILES string of the molecule is CCN(Cc1ccccc1NCC1CCCO1)C(=O)OC(C)(C)C. The van der Waals surface area contributed by atoms with Crippen LogP contribution >= 0.6 is 0 Å². The van der Waals surface area contributed by atoms with Gasteiger partial charge >= 0.3 is 6.09 Å². The summed E-state index contributed by atoms with van der Waals surface area (Å²) in [7, 11) is 0. The molecule has 5 nitrogen and oxygen atoms in total. The lowest BCUT2D eigenvalue weighted by atomic mass is 10.1. The maximum Gasteiger partial charge on any atom is 0.410 e. The molecular formula is C19H30N2O3. The summed E-state index contributed by atoms with van der Waals surface area (Å²) in [5, 5.41) is 3.47. The Labute approximate surface area is 145 Å². The van der Waals surface area contributed by atoms with Crippen LogP contribution in [0, 0.1) is 0 Å². The first-order valence-electron chi connectivity index (χ1n) is 8.80. The molecule has 2 rings (SSSR count). The monoisotopic (exact) mass is 334 g/mol. The molecule has 0 bridgehead atoms. The molecule has 0 spiro atoms. The van der Waals surface area contributed by atoms with Crippen molar-refractivity contribution in [1.29, 1.82) is 0 Å². The number of carbonyl (C=O) groups excluding carboxylic acids is 1. The summed E-state index contributed by atoms with van der Waals surface area (Å²) in [6.45, 7) is 10.4. The highest BCUT2D eigenvalue weighted by atomic mass is 16.6. The lowest BCUT2D eigenvalue weighted by Crippen LogP contribution is -2.36. The first-order valence-corrected chi connectivity index (χ1v) is 8.80. The van der Waals surface area contributed by atoms with Crippen molar-refractivity contribution in [2.24, 2.45) is 0 Å². The van der Waals surface area contributed by atoms with E-state index in [9.17, 15) is 4.79 Å². The van der Waals surface area contributed by atoms with Crippen LogP contribution < -0.4 is 5.32 Å². The van der Waals surface area contributed by atoms with E-state index in [1.807, 2.05) is 52.0 Å². The zero-order chi connectivity index (χ0) is 17.6. The minimum atomic E-state index is -0.484. The summed E-state index contributed by atoms with van der Waals surface area (Å²) in [5.41, 5.74) is 1.65. The number of nitrogens with one attached hydrogen (secondary N) is 1. The lowest BCUT2D eigenvalue weighted by molar-refractivity contribution is 0.0245. The summed E-state index contributed by atoms with van der Waals surface area (Å²) >= 11 is 0. The Hall–Kier alpha value is -1.75. The summed E-state index contributed by atoms with van der Waals surface area (Å²) in [6, 6.07) is 8.10. The summed E-state index contributed by atoms with van der Waals surface area (Å²) in [5.74, 6) is 0. The van der Waals surface area contributed by atoms with Crippen LogP contribution in [0.4, 0.5) is 10.5 Å². The van der Waals surface area contributed by atoms with Crippen molar-refractivity contribution in [1.82, 2.24) is 4.90 Å². The normalized spacial score (nSPS) is 17.6. The molecule has 1 aliphatic heterocycles. The number of ether oxygens (including phenoxy) is 2. The molecule has 1 saturated heterocycles. The maximum atomic E-state index is 12.3. The number of rotatable bonds is 6. The molecule has 1 atom stereocenters. The minimum Gasteiger partial charge on any atom is -0.444 e. The van der Waals surface area contributed by atoms with Gasteiger partial charge in [0.2, 0.25) is 0 Å². The van der Waals surface area contributed by atoms with E-state index in [2.05, 4.69) is 5.32 Å².